The summed E-state index contributed by atoms with van der Waals surface area (Å²) in [4.78, 5) is 21.1. The van der Waals surface area contributed by atoms with Gasteiger partial charge in [-0.1, -0.05) is 24.3 Å². The Kier molecular flexibility index (Phi) is 7.53. The summed E-state index contributed by atoms with van der Waals surface area (Å²) >= 11 is 0. The first-order valence-electron chi connectivity index (χ1n) is 11.3. The van der Waals surface area contributed by atoms with Gasteiger partial charge in [0.2, 0.25) is 0 Å². The topological polar surface area (TPSA) is 92.8 Å². The zero-order valence-electron chi connectivity index (χ0n) is 19.7. The number of ether oxygens (including phenoxy) is 1. The highest BCUT2D eigenvalue weighted by Crippen LogP contribution is 2.29. The molecule has 1 unspecified atom stereocenters. The molecule has 4 aromatic rings. The number of hydrogen-bond donors (Lipinski definition) is 1. The van der Waals surface area contributed by atoms with Crippen LogP contribution in [-0.2, 0) is 19.3 Å². The lowest BCUT2D eigenvalue weighted by molar-refractivity contribution is -0.137. The fourth-order valence-electron chi connectivity index (χ4n) is 3.68. The highest BCUT2D eigenvalue weighted by atomic mass is 19.4. The summed E-state index contributed by atoms with van der Waals surface area (Å²) < 4.78 is 46.3. The van der Waals surface area contributed by atoms with Gasteiger partial charge in [0.1, 0.15) is 12.4 Å². The molecule has 188 valence electrons. The van der Waals surface area contributed by atoms with Crippen LogP contribution in [0.25, 0.3) is 0 Å². The third-order valence-electron chi connectivity index (χ3n) is 5.61. The number of carbonyl (C=O) groups excluding carboxylic acids is 1. The molecule has 0 fully saturated rings. The molecule has 1 atom stereocenters. The predicted octanol–water partition coefficient (Wildman–Crippen LogP) is 5.29. The Balaban J connectivity index is 1.39. The summed E-state index contributed by atoms with van der Waals surface area (Å²) in [5.41, 5.74) is 2.16. The van der Waals surface area contributed by atoms with Gasteiger partial charge >= 0.3 is 6.18 Å². The van der Waals surface area contributed by atoms with Crippen LogP contribution in [0.2, 0.25) is 0 Å². The van der Waals surface area contributed by atoms with Gasteiger partial charge in [0.25, 0.3) is 5.91 Å². The van der Waals surface area contributed by atoms with E-state index in [0.717, 1.165) is 23.4 Å². The molecular formula is C27H22F3N5O2. The number of pyridine rings is 1. The number of rotatable bonds is 8. The lowest BCUT2D eigenvalue weighted by Gasteiger charge is -2.17. The predicted molar refractivity (Wildman–Crippen MR) is 128 cm³/mol. The van der Waals surface area contributed by atoms with Crippen molar-refractivity contribution >= 4 is 5.91 Å². The number of nitrogens with one attached hydrogen (secondary N) is 1. The van der Waals surface area contributed by atoms with Gasteiger partial charge in [-0.05, 0) is 48.4 Å². The Labute approximate surface area is 211 Å². The molecule has 0 aliphatic heterocycles. The van der Waals surface area contributed by atoms with Gasteiger partial charge in [0.05, 0.1) is 53.2 Å². The van der Waals surface area contributed by atoms with Crippen molar-refractivity contribution in [3.63, 3.8) is 0 Å². The highest BCUT2D eigenvalue weighted by Gasteiger charge is 2.30. The standard InChI is InChI=1S/C27H22F3N5O2/c1-18(25-14-33-17-35(25)15-20-7-5-19(11-31)6-8-20)34-26(36)22-10-24(13-32-12-22)37-16-21-3-2-4-23(9-21)27(28,29)30/h2-10,12-14,17-18H,15-16H2,1H3,(H,34,36). The number of benzene rings is 2. The third kappa shape index (κ3) is 6.52. The minimum absolute atomic E-state index is 0.110. The maximum atomic E-state index is 12.9. The van der Waals surface area contributed by atoms with Crippen LogP contribution in [0.1, 0.15) is 51.3 Å². The summed E-state index contributed by atoms with van der Waals surface area (Å²) in [6, 6.07) is 15.3. The number of halogens is 3. The Morgan fingerprint density at radius 1 is 1.08 bits per heavy atom. The number of carbonyl (C=O) groups is 1. The fraction of sp³-hybridized carbons (Fsp3) is 0.185. The summed E-state index contributed by atoms with van der Waals surface area (Å²) in [7, 11) is 0. The van der Waals surface area contributed by atoms with Crippen LogP contribution in [0.3, 0.4) is 0 Å². The van der Waals surface area contributed by atoms with E-state index in [4.69, 9.17) is 10.00 Å². The van der Waals surface area contributed by atoms with Crippen LogP contribution >= 0.6 is 0 Å². The maximum absolute atomic E-state index is 12.9. The lowest BCUT2D eigenvalue weighted by atomic mass is 10.1. The minimum Gasteiger partial charge on any atom is -0.487 e. The van der Waals surface area contributed by atoms with E-state index < -0.39 is 17.6 Å². The van der Waals surface area contributed by atoms with Crippen molar-refractivity contribution in [2.24, 2.45) is 0 Å². The van der Waals surface area contributed by atoms with Crippen molar-refractivity contribution in [2.75, 3.05) is 0 Å². The number of alkyl halides is 3. The number of imidazole rings is 1. The molecule has 10 heteroatoms. The number of nitriles is 1. The number of nitrogens with zero attached hydrogens (tertiary/aromatic N) is 4. The zero-order chi connectivity index (χ0) is 26.4. The van der Waals surface area contributed by atoms with Gasteiger partial charge in [0, 0.05) is 12.7 Å². The molecule has 0 radical (unpaired) electrons. The molecule has 1 amide bonds. The molecule has 0 aliphatic rings. The summed E-state index contributed by atoms with van der Waals surface area (Å²) in [6.07, 6.45) is 1.67. The van der Waals surface area contributed by atoms with E-state index in [1.165, 1.54) is 30.6 Å². The number of amides is 1. The zero-order valence-corrected chi connectivity index (χ0v) is 19.7. The molecule has 0 spiro atoms. The summed E-state index contributed by atoms with van der Waals surface area (Å²) in [5, 5.41) is 11.9. The van der Waals surface area contributed by atoms with Crippen molar-refractivity contribution in [2.45, 2.75) is 32.3 Å². The largest absolute Gasteiger partial charge is 0.487 e. The molecule has 2 aromatic carbocycles. The van der Waals surface area contributed by atoms with E-state index in [2.05, 4.69) is 21.4 Å². The Hall–Kier alpha value is -4.65. The summed E-state index contributed by atoms with van der Waals surface area (Å²) in [6.45, 7) is 2.23. The first kappa shape index (κ1) is 25.4. The van der Waals surface area contributed by atoms with Crippen LogP contribution in [0.5, 0.6) is 5.75 Å². The van der Waals surface area contributed by atoms with Crippen molar-refractivity contribution in [1.29, 1.82) is 5.26 Å². The van der Waals surface area contributed by atoms with E-state index in [9.17, 15) is 18.0 Å². The molecule has 0 saturated heterocycles. The first-order chi connectivity index (χ1) is 17.7. The fourth-order valence-corrected chi connectivity index (χ4v) is 3.68. The quantitative estimate of drug-likeness (QED) is 0.351. The van der Waals surface area contributed by atoms with Gasteiger partial charge in [-0.3, -0.25) is 9.78 Å². The van der Waals surface area contributed by atoms with Gasteiger partial charge in [-0.2, -0.15) is 18.4 Å². The van der Waals surface area contributed by atoms with Crippen LogP contribution in [0.15, 0.2) is 79.5 Å². The Morgan fingerprint density at radius 3 is 2.59 bits per heavy atom. The molecule has 37 heavy (non-hydrogen) atoms. The molecule has 7 nitrogen and oxygen atoms in total. The molecule has 1 N–H and O–H groups in total. The minimum atomic E-state index is -4.44. The average Bonchev–Trinajstić information content (AvgIpc) is 3.36. The van der Waals surface area contributed by atoms with Crippen LogP contribution in [0, 0.1) is 11.3 Å². The molecule has 2 aromatic heterocycles. The van der Waals surface area contributed by atoms with Gasteiger partial charge < -0.3 is 14.6 Å². The second-order valence-electron chi connectivity index (χ2n) is 8.35. The van der Waals surface area contributed by atoms with Crippen molar-refractivity contribution in [3.05, 3.63) is 113 Å². The monoisotopic (exact) mass is 505 g/mol. The summed E-state index contributed by atoms with van der Waals surface area (Å²) in [5.74, 6) is -0.140. The molecule has 4 rings (SSSR count). The normalized spacial score (nSPS) is 12.0. The molecule has 0 bridgehead atoms. The van der Waals surface area contributed by atoms with E-state index in [1.54, 1.807) is 24.7 Å². The number of aromatic nitrogens is 3. The van der Waals surface area contributed by atoms with E-state index in [-0.39, 0.29) is 24.0 Å². The second kappa shape index (κ2) is 11.0. The lowest BCUT2D eigenvalue weighted by Crippen LogP contribution is -2.28. The first-order valence-corrected chi connectivity index (χ1v) is 11.3. The van der Waals surface area contributed by atoms with Gasteiger partial charge in [-0.15, -0.1) is 0 Å². The van der Waals surface area contributed by atoms with E-state index in [0.29, 0.717) is 17.7 Å². The Morgan fingerprint density at radius 2 is 1.86 bits per heavy atom. The van der Waals surface area contributed by atoms with Gasteiger partial charge in [0.15, 0.2) is 0 Å². The van der Waals surface area contributed by atoms with Crippen LogP contribution in [-0.4, -0.2) is 20.4 Å². The number of hydrogen-bond acceptors (Lipinski definition) is 5. The van der Waals surface area contributed by atoms with E-state index in [1.807, 2.05) is 23.6 Å². The van der Waals surface area contributed by atoms with Crippen molar-refractivity contribution in [3.8, 4) is 11.8 Å². The highest BCUT2D eigenvalue weighted by molar-refractivity contribution is 5.94. The van der Waals surface area contributed by atoms with E-state index >= 15 is 0 Å². The molecule has 2 heterocycles. The van der Waals surface area contributed by atoms with Crippen LogP contribution < -0.4 is 10.1 Å². The SMILES string of the molecule is CC(NC(=O)c1cncc(OCc2cccc(C(F)(F)F)c2)c1)c1cncn1Cc1ccc(C#N)cc1. The second-order valence-corrected chi connectivity index (χ2v) is 8.35. The van der Waals surface area contributed by atoms with Crippen molar-refractivity contribution in [1.82, 2.24) is 19.9 Å². The molecular weight excluding hydrogens is 483 g/mol. The maximum Gasteiger partial charge on any atom is 0.416 e. The smallest absolute Gasteiger partial charge is 0.416 e. The molecule has 0 saturated carbocycles. The molecule has 0 aliphatic carbocycles. The Bertz CT molecular complexity index is 1420. The van der Waals surface area contributed by atoms with Crippen LogP contribution in [0.4, 0.5) is 13.2 Å². The van der Waals surface area contributed by atoms with Gasteiger partial charge in [-0.25, -0.2) is 4.98 Å². The third-order valence-corrected chi connectivity index (χ3v) is 5.61. The average molecular weight is 506 g/mol. The van der Waals surface area contributed by atoms with Crippen molar-refractivity contribution < 1.29 is 22.7 Å².